The van der Waals surface area contributed by atoms with Crippen LogP contribution in [0.15, 0.2) is 163 Å². The van der Waals surface area contributed by atoms with Crippen molar-refractivity contribution >= 4 is 158 Å². The number of hydrogen-bond donors (Lipinski definition) is 1. The maximum absolute atomic E-state index is 15.2. The Bertz CT molecular complexity index is 3930. The van der Waals surface area contributed by atoms with Crippen molar-refractivity contribution in [3.8, 4) is 0 Å². The number of aromatic nitrogens is 3. The van der Waals surface area contributed by atoms with Crippen molar-refractivity contribution in [3.05, 3.63) is 213 Å². The van der Waals surface area contributed by atoms with E-state index in [1.807, 2.05) is 164 Å². The fourth-order valence-corrected chi connectivity index (χ4v) is 13.6. The van der Waals surface area contributed by atoms with Gasteiger partial charge in [0.25, 0.3) is 0 Å². The molecule has 0 fully saturated rings. The van der Waals surface area contributed by atoms with Crippen molar-refractivity contribution in [2.75, 3.05) is 0 Å². The van der Waals surface area contributed by atoms with Gasteiger partial charge < -0.3 is 14.2 Å². The number of thiol groups is 1. The van der Waals surface area contributed by atoms with E-state index >= 15 is 4.79 Å². The number of carbonyl (C=O) groups is 3. The number of thiophene rings is 2. The van der Waals surface area contributed by atoms with E-state index in [4.69, 9.17) is 63.5 Å². The first-order chi connectivity index (χ1) is 34.6. The highest BCUT2D eigenvalue weighted by Gasteiger charge is 2.35. The standard InChI is InChI=1S/C56H35N3O6S6/c60-54(63-28-31-14-4-1-5-15-31)57-34(24-40-48(66)36-20-10-11-21-37(36)49(40)67)26-42-44(57)46-52(70-42)53-47(59(46)56(62)65-30-33-18-8-3-9-19-33)45-43(71-53)27-35(58(45)55(61)64-29-32-16-6-2-7-17-32)25-41-50(68)38-22-12-13-23-39(38)51(41)69/h1-27,48,66H,28-30H2/b40-24+. The fraction of sp³-hybridized carbons (Fsp3) is 0.0714. The molecule has 0 saturated carbocycles. The number of benzene rings is 5. The lowest BCUT2D eigenvalue weighted by Crippen LogP contribution is -2.18. The van der Waals surface area contributed by atoms with Gasteiger partial charge in [-0.2, -0.15) is 12.6 Å². The van der Waals surface area contributed by atoms with Crippen LogP contribution in [0.2, 0.25) is 0 Å². The molecule has 71 heavy (non-hydrogen) atoms. The van der Waals surface area contributed by atoms with Gasteiger partial charge in [0.2, 0.25) is 0 Å². The first kappa shape index (κ1) is 45.1. The summed E-state index contributed by atoms with van der Waals surface area (Å²) in [5, 5.41) is -0.350. The Morgan fingerprint density at radius 1 is 0.493 bits per heavy atom. The topological polar surface area (TPSA) is 93.7 Å². The molecular formula is C56H35N3O6S6. The molecule has 0 amide bonds. The number of rotatable bonds is 8. The summed E-state index contributed by atoms with van der Waals surface area (Å²) in [7, 11) is 0. The third kappa shape index (κ3) is 7.71. The zero-order valence-corrected chi connectivity index (χ0v) is 42.0. The summed E-state index contributed by atoms with van der Waals surface area (Å²) in [6.45, 7) is -0.0706. The first-order valence-electron chi connectivity index (χ1n) is 22.4. The molecule has 1 atom stereocenters. The second-order valence-electron chi connectivity index (χ2n) is 16.9. The fourth-order valence-electron chi connectivity index (χ4n) is 9.36. The van der Waals surface area contributed by atoms with Gasteiger partial charge in [-0.3, -0.25) is 0 Å². The van der Waals surface area contributed by atoms with E-state index in [1.54, 1.807) is 0 Å². The Kier molecular flexibility index (Phi) is 11.6. The van der Waals surface area contributed by atoms with Crippen LogP contribution in [-0.2, 0) is 34.0 Å². The lowest BCUT2D eigenvalue weighted by molar-refractivity contribution is 0.141. The van der Waals surface area contributed by atoms with Crippen LogP contribution in [0, 0.1) is 0 Å². The molecule has 0 aliphatic heterocycles. The van der Waals surface area contributed by atoms with Crippen molar-refractivity contribution in [3.63, 3.8) is 0 Å². The molecule has 0 spiro atoms. The van der Waals surface area contributed by atoms with Crippen molar-refractivity contribution < 1.29 is 28.6 Å². The van der Waals surface area contributed by atoms with Crippen molar-refractivity contribution in [1.82, 2.24) is 13.7 Å². The maximum Gasteiger partial charge on any atom is 0.419 e. The quantitative estimate of drug-likeness (QED) is 0.0691. The molecule has 15 heteroatoms. The highest BCUT2D eigenvalue weighted by Crippen LogP contribution is 2.50. The molecule has 12 rings (SSSR count). The van der Waals surface area contributed by atoms with Gasteiger partial charge in [-0.1, -0.05) is 176 Å². The van der Waals surface area contributed by atoms with Gasteiger partial charge in [-0.15, -0.1) is 22.7 Å². The van der Waals surface area contributed by atoms with Gasteiger partial charge in [-0.25, -0.2) is 28.1 Å². The highest BCUT2D eigenvalue weighted by molar-refractivity contribution is 7.84. The molecule has 346 valence electrons. The zero-order chi connectivity index (χ0) is 48.5. The molecular weight excluding hydrogens is 1000 g/mol. The Balaban J connectivity index is 1.10. The second-order valence-corrected chi connectivity index (χ2v) is 20.8. The van der Waals surface area contributed by atoms with E-state index in [0.717, 1.165) is 44.5 Å². The van der Waals surface area contributed by atoms with Gasteiger partial charge in [0.15, 0.2) is 0 Å². The van der Waals surface area contributed by atoms with Crippen molar-refractivity contribution in [2.45, 2.75) is 25.1 Å². The van der Waals surface area contributed by atoms with Crippen LogP contribution >= 0.6 is 72.0 Å². The number of carbonyl (C=O) groups excluding carboxylic acids is 3. The molecule has 0 saturated heterocycles. The average molecular weight is 1040 g/mol. The van der Waals surface area contributed by atoms with E-state index in [0.29, 0.717) is 72.4 Å². The minimum Gasteiger partial charge on any atom is -0.444 e. The number of ether oxygens (including phenoxy) is 3. The number of nitrogens with zero attached hydrogens (tertiary/aromatic N) is 3. The van der Waals surface area contributed by atoms with Crippen LogP contribution in [0.1, 0.15) is 55.6 Å². The van der Waals surface area contributed by atoms with Crippen LogP contribution < -0.4 is 0 Å². The van der Waals surface area contributed by atoms with Crippen molar-refractivity contribution in [2.24, 2.45) is 0 Å². The Morgan fingerprint density at radius 2 is 0.887 bits per heavy atom. The second kappa shape index (κ2) is 18.2. The number of fused-ring (bicyclic) bond motifs is 9. The van der Waals surface area contributed by atoms with E-state index < -0.39 is 18.3 Å². The molecule has 10 aromatic rings. The van der Waals surface area contributed by atoms with Crippen LogP contribution in [0.25, 0.3) is 53.0 Å². The summed E-state index contributed by atoms with van der Waals surface area (Å²) < 4.78 is 25.7. The van der Waals surface area contributed by atoms with Gasteiger partial charge in [0.1, 0.15) is 19.8 Å². The predicted octanol–water partition coefficient (Wildman–Crippen LogP) is 14.7. The third-order valence-electron chi connectivity index (χ3n) is 12.7. The molecule has 0 N–H and O–H groups in total. The molecule has 1 unspecified atom stereocenters. The monoisotopic (exact) mass is 1040 g/mol. The molecule has 5 heterocycles. The number of allylic oxidation sites excluding steroid dienone is 1. The number of hydrogen-bond acceptors (Lipinski definition) is 12. The summed E-state index contributed by atoms with van der Waals surface area (Å²) in [6.07, 6.45) is 1.63. The summed E-state index contributed by atoms with van der Waals surface area (Å²) in [5.41, 5.74) is 9.89. The molecule has 2 aliphatic carbocycles. The largest absolute Gasteiger partial charge is 0.444 e. The van der Waals surface area contributed by atoms with Crippen LogP contribution in [0.5, 0.6) is 0 Å². The normalized spacial score (nSPS) is 14.8. The minimum atomic E-state index is -0.722. The smallest absolute Gasteiger partial charge is 0.419 e. The molecule has 0 radical (unpaired) electrons. The highest BCUT2D eigenvalue weighted by atomic mass is 32.1. The SMILES string of the molecule is O=C(OCc1ccccc1)n1c(C=C2C(=S)c3ccccc3C2=S)cc2sc3c4sc5cc(/C=C6/C(=S)c7ccccc7C6S)n(C(=O)OCc6ccccc6)c5c4n(C(=O)OCc4ccccc4)c3c21. The Hall–Kier alpha value is -7.11. The lowest BCUT2D eigenvalue weighted by atomic mass is 10.1. The lowest BCUT2D eigenvalue weighted by Gasteiger charge is -2.13. The zero-order valence-electron chi connectivity index (χ0n) is 37.1. The van der Waals surface area contributed by atoms with E-state index in [-0.39, 0.29) is 25.1 Å². The Morgan fingerprint density at radius 3 is 1.34 bits per heavy atom. The summed E-state index contributed by atoms with van der Waals surface area (Å²) >= 11 is 25.9. The van der Waals surface area contributed by atoms with E-state index in [2.05, 4.69) is 0 Å². The van der Waals surface area contributed by atoms with Gasteiger partial charge in [-0.05, 0) is 57.7 Å². The molecule has 5 aromatic heterocycles. The summed E-state index contributed by atoms with van der Waals surface area (Å²) in [4.78, 5) is 46.6. The van der Waals surface area contributed by atoms with Gasteiger partial charge in [0, 0.05) is 21.6 Å². The van der Waals surface area contributed by atoms with E-state index in [9.17, 15) is 9.59 Å². The van der Waals surface area contributed by atoms with Gasteiger partial charge >= 0.3 is 18.3 Å². The Labute approximate surface area is 435 Å². The number of thiocarbonyl (C=S) groups is 3. The molecule has 9 nitrogen and oxygen atoms in total. The predicted molar refractivity (Wildman–Crippen MR) is 298 cm³/mol. The van der Waals surface area contributed by atoms with Crippen LogP contribution in [0.4, 0.5) is 14.4 Å². The third-order valence-corrected chi connectivity index (χ3v) is 17.0. The maximum atomic E-state index is 15.2. The average Bonchev–Trinajstić information content (AvgIpc) is 4.26. The van der Waals surface area contributed by atoms with Gasteiger partial charge in [0.05, 0.1) is 67.2 Å². The van der Waals surface area contributed by atoms with Crippen LogP contribution in [-0.4, -0.2) is 46.6 Å². The first-order valence-corrected chi connectivity index (χ1v) is 25.7. The summed E-state index contributed by atoms with van der Waals surface area (Å²) in [6, 6.07) is 47.6. The minimum absolute atomic E-state index is 0.00757. The molecule has 2 aliphatic rings. The van der Waals surface area contributed by atoms with Crippen molar-refractivity contribution in [1.29, 1.82) is 0 Å². The van der Waals surface area contributed by atoms with E-state index in [1.165, 1.54) is 36.4 Å². The summed E-state index contributed by atoms with van der Waals surface area (Å²) in [5.74, 6) is 0. The molecule has 0 bridgehead atoms. The molecule has 5 aromatic carbocycles. The van der Waals surface area contributed by atoms with Crippen LogP contribution in [0.3, 0.4) is 0 Å².